The van der Waals surface area contributed by atoms with E-state index in [2.05, 4.69) is 20.9 Å². The molecule has 0 aliphatic rings. The van der Waals surface area contributed by atoms with Gasteiger partial charge in [0.2, 0.25) is 0 Å². The number of benzene rings is 1. The number of aromatic nitrogens is 1. The lowest BCUT2D eigenvalue weighted by molar-refractivity contribution is 0.338. The second kappa shape index (κ2) is 6.37. The molecule has 0 aliphatic carbocycles. The molecular weight excluding hydrogens is 328 g/mol. The van der Waals surface area contributed by atoms with Gasteiger partial charge in [-0.05, 0) is 42.3 Å². The van der Waals surface area contributed by atoms with E-state index in [4.69, 9.17) is 22.1 Å². The van der Waals surface area contributed by atoms with E-state index in [1.54, 1.807) is 12.4 Å². The van der Waals surface area contributed by atoms with Crippen molar-refractivity contribution in [3.8, 4) is 5.75 Å². The molecule has 1 aromatic heterocycles. The van der Waals surface area contributed by atoms with Crippen molar-refractivity contribution in [2.45, 2.75) is 13.0 Å². The maximum Gasteiger partial charge on any atom is 0.137 e. The van der Waals surface area contributed by atoms with Gasteiger partial charge in [0.25, 0.3) is 0 Å². The molecule has 0 saturated heterocycles. The number of halogens is 2. The van der Waals surface area contributed by atoms with Gasteiger partial charge in [-0.25, -0.2) is 0 Å². The van der Waals surface area contributed by atoms with Gasteiger partial charge in [0.15, 0.2) is 0 Å². The van der Waals surface area contributed by atoms with Gasteiger partial charge in [0.05, 0.1) is 18.8 Å². The van der Waals surface area contributed by atoms with E-state index in [1.807, 2.05) is 31.2 Å². The molecule has 1 atom stereocenters. The third-order valence-electron chi connectivity index (χ3n) is 2.65. The van der Waals surface area contributed by atoms with Crippen molar-refractivity contribution in [3.63, 3.8) is 0 Å². The number of ether oxygens (including phenoxy) is 1. The highest BCUT2D eigenvalue weighted by Crippen LogP contribution is 2.27. The van der Waals surface area contributed by atoms with E-state index in [-0.39, 0.29) is 6.04 Å². The lowest BCUT2D eigenvalue weighted by Gasteiger charge is -2.14. The monoisotopic (exact) mass is 340 g/mol. The molecule has 0 bridgehead atoms. The third kappa shape index (κ3) is 3.69. The number of nitrogens with two attached hydrogens (primary N) is 1. The molecule has 0 amide bonds. The normalized spacial score (nSPS) is 12.2. The van der Waals surface area contributed by atoms with Crippen LogP contribution in [0.3, 0.4) is 0 Å². The van der Waals surface area contributed by atoms with Crippen LogP contribution < -0.4 is 10.5 Å². The highest BCUT2D eigenvalue weighted by molar-refractivity contribution is 9.10. The van der Waals surface area contributed by atoms with Crippen LogP contribution in [0.25, 0.3) is 0 Å². The molecule has 1 heterocycles. The average molecular weight is 342 g/mol. The van der Waals surface area contributed by atoms with Crippen molar-refractivity contribution in [2.24, 2.45) is 5.73 Å². The van der Waals surface area contributed by atoms with Crippen LogP contribution in [0.4, 0.5) is 0 Å². The molecule has 2 N–H and O–H groups in total. The van der Waals surface area contributed by atoms with Crippen LogP contribution in [0.2, 0.25) is 5.02 Å². The third-order valence-corrected chi connectivity index (χ3v) is 3.32. The fraction of sp³-hybridized carbons (Fsp3) is 0.214. The molecule has 2 aromatic rings. The largest absolute Gasteiger partial charge is 0.492 e. The van der Waals surface area contributed by atoms with Gasteiger partial charge in [-0.15, -0.1) is 0 Å². The smallest absolute Gasteiger partial charge is 0.137 e. The number of hydrogen-bond donors (Lipinski definition) is 1. The Hall–Kier alpha value is -1.10. The Balaban J connectivity index is 2.32. The molecule has 0 fully saturated rings. The first-order valence-corrected chi connectivity index (χ1v) is 7.06. The van der Waals surface area contributed by atoms with Crippen molar-refractivity contribution in [1.82, 2.24) is 4.98 Å². The minimum absolute atomic E-state index is 0.289. The summed E-state index contributed by atoms with van der Waals surface area (Å²) in [6.45, 7) is 2.53. The number of rotatable bonds is 4. The molecule has 0 aliphatic heterocycles. The van der Waals surface area contributed by atoms with Crippen LogP contribution in [0, 0.1) is 0 Å². The van der Waals surface area contributed by atoms with Crippen LogP contribution in [0.1, 0.15) is 24.1 Å². The molecule has 0 spiro atoms. The van der Waals surface area contributed by atoms with Gasteiger partial charge in [-0.2, -0.15) is 0 Å². The summed E-state index contributed by atoms with van der Waals surface area (Å²) >= 11 is 9.45. The summed E-state index contributed by atoms with van der Waals surface area (Å²) in [6, 6.07) is 7.24. The highest BCUT2D eigenvalue weighted by Gasteiger charge is 2.12. The highest BCUT2D eigenvalue weighted by atomic mass is 79.9. The van der Waals surface area contributed by atoms with Gasteiger partial charge in [-0.1, -0.05) is 27.5 Å². The molecule has 0 saturated carbocycles. The maximum absolute atomic E-state index is 6.24. The summed E-state index contributed by atoms with van der Waals surface area (Å²) in [5.41, 5.74) is 8.06. The van der Waals surface area contributed by atoms with Crippen LogP contribution in [-0.2, 0) is 0 Å². The quantitative estimate of drug-likeness (QED) is 0.916. The molecule has 1 aromatic carbocycles. The Bertz CT molecular complexity index is 557. The molecular formula is C14H14BrClN2O. The van der Waals surface area contributed by atoms with Crippen molar-refractivity contribution >= 4 is 27.5 Å². The fourth-order valence-electron chi connectivity index (χ4n) is 1.80. The van der Waals surface area contributed by atoms with Crippen LogP contribution >= 0.6 is 27.5 Å². The summed E-state index contributed by atoms with van der Waals surface area (Å²) in [4.78, 5) is 4.14. The first-order chi connectivity index (χ1) is 9.10. The fourth-order valence-corrected chi connectivity index (χ4v) is 2.68. The Morgan fingerprint density at radius 2 is 2.05 bits per heavy atom. The summed E-state index contributed by atoms with van der Waals surface area (Å²) < 4.78 is 6.33. The number of hydrogen-bond acceptors (Lipinski definition) is 3. The first kappa shape index (κ1) is 14.3. The zero-order valence-corrected chi connectivity index (χ0v) is 12.8. The Kier molecular flexibility index (Phi) is 4.80. The second-order valence-electron chi connectivity index (χ2n) is 4.07. The van der Waals surface area contributed by atoms with Gasteiger partial charge in [0, 0.05) is 15.7 Å². The van der Waals surface area contributed by atoms with Gasteiger partial charge >= 0.3 is 0 Å². The van der Waals surface area contributed by atoms with E-state index < -0.39 is 0 Å². The van der Waals surface area contributed by atoms with E-state index in [0.29, 0.717) is 11.6 Å². The first-order valence-electron chi connectivity index (χ1n) is 5.89. The van der Waals surface area contributed by atoms with Gasteiger partial charge < -0.3 is 10.5 Å². The van der Waals surface area contributed by atoms with E-state index in [0.717, 1.165) is 21.3 Å². The molecule has 3 nitrogen and oxygen atoms in total. The maximum atomic E-state index is 6.24. The van der Waals surface area contributed by atoms with Crippen molar-refractivity contribution in [1.29, 1.82) is 0 Å². The topological polar surface area (TPSA) is 48.1 Å². The van der Waals surface area contributed by atoms with Gasteiger partial charge in [0.1, 0.15) is 5.75 Å². The van der Waals surface area contributed by atoms with Crippen LogP contribution in [0.15, 0.2) is 41.1 Å². The molecule has 0 radical (unpaired) electrons. The van der Waals surface area contributed by atoms with Crippen LogP contribution in [-0.4, -0.2) is 11.6 Å². The predicted molar refractivity (Wildman–Crippen MR) is 80.6 cm³/mol. The molecule has 5 heteroatoms. The Morgan fingerprint density at radius 3 is 2.74 bits per heavy atom. The predicted octanol–water partition coefficient (Wildman–Crippen LogP) is 3.94. The zero-order valence-electron chi connectivity index (χ0n) is 10.4. The standard InChI is InChI=1S/C14H14BrClN2O/c1-2-19-13-5-10(7-18-8-13)14(17)9-3-11(15)6-12(16)4-9/h3-8,14H,2,17H2,1H3. The Labute approximate surface area is 125 Å². The minimum Gasteiger partial charge on any atom is -0.492 e. The molecule has 1 unspecified atom stereocenters. The molecule has 2 rings (SSSR count). The minimum atomic E-state index is -0.289. The SMILES string of the molecule is CCOc1cncc(C(N)c2cc(Cl)cc(Br)c2)c1. The summed E-state index contributed by atoms with van der Waals surface area (Å²) in [6.07, 6.45) is 3.41. The Morgan fingerprint density at radius 1 is 1.26 bits per heavy atom. The van der Waals surface area contributed by atoms with Crippen molar-refractivity contribution in [3.05, 3.63) is 57.3 Å². The summed E-state index contributed by atoms with van der Waals surface area (Å²) in [7, 11) is 0. The van der Waals surface area contributed by atoms with Crippen LogP contribution in [0.5, 0.6) is 5.75 Å². The van der Waals surface area contributed by atoms with E-state index in [1.165, 1.54) is 0 Å². The van der Waals surface area contributed by atoms with Gasteiger partial charge in [-0.3, -0.25) is 4.98 Å². The number of pyridine rings is 1. The molecule has 19 heavy (non-hydrogen) atoms. The van der Waals surface area contributed by atoms with E-state index in [9.17, 15) is 0 Å². The second-order valence-corrected chi connectivity index (χ2v) is 5.42. The molecule has 100 valence electrons. The lowest BCUT2D eigenvalue weighted by atomic mass is 10.0. The average Bonchev–Trinajstić information content (AvgIpc) is 2.37. The van der Waals surface area contributed by atoms with Crippen molar-refractivity contribution < 1.29 is 4.74 Å². The van der Waals surface area contributed by atoms with Crippen molar-refractivity contribution in [2.75, 3.05) is 6.61 Å². The summed E-state index contributed by atoms with van der Waals surface area (Å²) in [5, 5.41) is 0.647. The lowest BCUT2D eigenvalue weighted by Crippen LogP contribution is -2.12. The summed E-state index contributed by atoms with van der Waals surface area (Å²) in [5.74, 6) is 0.719. The zero-order chi connectivity index (χ0) is 13.8. The number of nitrogens with zero attached hydrogens (tertiary/aromatic N) is 1. The van der Waals surface area contributed by atoms with E-state index >= 15 is 0 Å².